The SMILES string of the molecule is CCCCc1cc(O)cc(-c2ccccc2OC)c1. The molecule has 0 aliphatic rings. The predicted octanol–water partition coefficient (Wildman–Crippen LogP) is 4.41. The van der Waals surface area contributed by atoms with Crippen molar-refractivity contribution in [1.29, 1.82) is 0 Å². The molecule has 2 aromatic rings. The third-order valence-corrected chi connectivity index (χ3v) is 3.21. The summed E-state index contributed by atoms with van der Waals surface area (Å²) in [5, 5.41) is 9.88. The number of phenolic OH excluding ortho intramolecular Hbond substituents is 1. The van der Waals surface area contributed by atoms with Gasteiger partial charge in [-0.3, -0.25) is 0 Å². The molecule has 1 N–H and O–H groups in total. The Balaban J connectivity index is 2.41. The maximum Gasteiger partial charge on any atom is 0.126 e. The average molecular weight is 256 g/mol. The van der Waals surface area contributed by atoms with Crippen molar-refractivity contribution in [1.82, 2.24) is 0 Å². The highest BCUT2D eigenvalue weighted by Crippen LogP contribution is 2.32. The Hall–Kier alpha value is -1.96. The van der Waals surface area contributed by atoms with Gasteiger partial charge in [-0.25, -0.2) is 0 Å². The standard InChI is InChI=1S/C17H20O2/c1-3-4-7-13-10-14(12-15(18)11-13)16-8-5-6-9-17(16)19-2/h5-6,8-12,18H,3-4,7H2,1-2H3. The van der Waals surface area contributed by atoms with Crippen LogP contribution < -0.4 is 4.74 Å². The van der Waals surface area contributed by atoms with Gasteiger partial charge in [0.25, 0.3) is 0 Å². The van der Waals surface area contributed by atoms with E-state index in [0.29, 0.717) is 5.75 Å². The van der Waals surface area contributed by atoms with E-state index < -0.39 is 0 Å². The number of para-hydroxylation sites is 1. The summed E-state index contributed by atoms with van der Waals surface area (Å²) in [5.41, 5.74) is 3.19. The van der Waals surface area contributed by atoms with Gasteiger partial charge in [0.15, 0.2) is 0 Å². The van der Waals surface area contributed by atoms with Crippen molar-refractivity contribution in [2.45, 2.75) is 26.2 Å². The highest BCUT2D eigenvalue weighted by atomic mass is 16.5. The third-order valence-electron chi connectivity index (χ3n) is 3.21. The first-order valence-electron chi connectivity index (χ1n) is 6.71. The lowest BCUT2D eigenvalue weighted by molar-refractivity contribution is 0.416. The molecule has 0 aliphatic heterocycles. The summed E-state index contributed by atoms with van der Waals surface area (Å²) < 4.78 is 5.38. The van der Waals surface area contributed by atoms with Gasteiger partial charge in [0.05, 0.1) is 7.11 Å². The van der Waals surface area contributed by atoms with E-state index in [0.717, 1.165) is 36.1 Å². The van der Waals surface area contributed by atoms with Crippen LogP contribution in [0, 0.1) is 0 Å². The van der Waals surface area contributed by atoms with Gasteiger partial charge in [0, 0.05) is 5.56 Å². The molecule has 2 heteroatoms. The van der Waals surface area contributed by atoms with Crippen LogP contribution in [0.1, 0.15) is 25.3 Å². The number of phenols is 1. The fourth-order valence-electron chi connectivity index (χ4n) is 2.24. The molecular weight excluding hydrogens is 236 g/mol. The minimum atomic E-state index is 0.314. The summed E-state index contributed by atoms with van der Waals surface area (Å²) in [7, 11) is 1.67. The van der Waals surface area contributed by atoms with Gasteiger partial charge in [-0.2, -0.15) is 0 Å². The van der Waals surface area contributed by atoms with Crippen molar-refractivity contribution in [2.24, 2.45) is 0 Å². The molecule has 0 bridgehead atoms. The van der Waals surface area contributed by atoms with Crippen molar-refractivity contribution < 1.29 is 9.84 Å². The van der Waals surface area contributed by atoms with E-state index in [1.165, 1.54) is 5.56 Å². The van der Waals surface area contributed by atoms with Crippen LogP contribution >= 0.6 is 0 Å². The second kappa shape index (κ2) is 6.28. The third kappa shape index (κ3) is 3.28. The Bertz CT molecular complexity index is 547. The van der Waals surface area contributed by atoms with E-state index in [-0.39, 0.29) is 0 Å². The number of unbranched alkanes of at least 4 members (excludes halogenated alkanes) is 1. The number of aryl methyl sites for hydroxylation is 1. The normalized spacial score (nSPS) is 10.4. The van der Waals surface area contributed by atoms with Crippen molar-refractivity contribution in [3.63, 3.8) is 0 Å². The van der Waals surface area contributed by atoms with Crippen LogP contribution in [-0.4, -0.2) is 12.2 Å². The zero-order chi connectivity index (χ0) is 13.7. The number of ether oxygens (including phenoxy) is 1. The Morgan fingerprint density at radius 1 is 1.11 bits per heavy atom. The number of rotatable bonds is 5. The Morgan fingerprint density at radius 3 is 2.63 bits per heavy atom. The quantitative estimate of drug-likeness (QED) is 0.858. The van der Waals surface area contributed by atoms with Crippen molar-refractivity contribution in [3.05, 3.63) is 48.0 Å². The van der Waals surface area contributed by atoms with Gasteiger partial charge in [0.2, 0.25) is 0 Å². The molecule has 100 valence electrons. The lowest BCUT2D eigenvalue weighted by Gasteiger charge is -2.10. The number of benzene rings is 2. The molecule has 0 atom stereocenters. The highest BCUT2D eigenvalue weighted by Gasteiger charge is 2.07. The molecule has 0 amide bonds. The Labute approximate surface area is 114 Å². The fourth-order valence-corrected chi connectivity index (χ4v) is 2.24. The van der Waals surface area contributed by atoms with Gasteiger partial charge in [-0.05, 0) is 42.2 Å². The lowest BCUT2D eigenvalue weighted by Crippen LogP contribution is -1.90. The first kappa shape index (κ1) is 13.5. The highest BCUT2D eigenvalue weighted by molar-refractivity contribution is 5.72. The first-order valence-corrected chi connectivity index (χ1v) is 6.71. The smallest absolute Gasteiger partial charge is 0.126 e. The number of aromatic hydroxyl groups is 1. The van der Waals surface area contributed by atoms with Gasteiger partial charge in [-0.15, -0.1) is 0 Å². The van der Waals surface area contributed by atoms with E-state index in [1.807, 2.05) is 30.3 Å². The van der Waals surface area contributed by atoms with E-state index in [9.17, 15) is 5.11 Å². The van der Waals surface area contributed by atoms with Crippen molar-refractivity contribution in [3.8, 4) is 22.6 Å². The van der Waals surface area contributed by atoms with Crippen LogP contribution in [0.3, 0.4) is 0 Å². The van der Waals surface area contributed by atoms with E-state index >= 15 is 0 Å². The molecule has 0 aromatic heterocycles. The van der Waals surface area contributed by atoms with Crippen LogP contribution in [0.2, 0.25) is 0 Å². The van der Waals surface area contributed by atoms with Gasteiger partial charge in [-0.1, -0.05) is 37.6 Å². The Morgan fingerprint density at radius 2 is 1.89 bits per heavy atom. The second-order valence-corrected chi connectivity index (χ2v) is 4.69. The zero-order valence-corrected chi connectivity index (χ0v) is 11.5. The summed E-state index contributed by atoms with van der Waals surface area (Å²) >= 11 is 0. The minimum Gasteiger partial charge on any atom is -0.508 e. The maximum absolute atomic E-state index is 9.88. The van der Waals surface area contributed by atoms with Crippen molar-refractivity contribution >= 4 is 0 Å². The van der Waals surface area contributed by atoms with Crippen LogP contribution in [-0.2, 0) is 6.42 Å². The van der Waals surface area contributed by atoms with Crippen molar-refractivity contribution in [2.75, 3.05) is 7.11 Å². The summed E-state index contributed by atoms with van der Waals surface area (Å²) in [6.07, 6.45) is 3.28. The largest absolute Gasteiger partial charge is 0.508 e. The number of hydrogen-bond acceptors (Lipinski definition) is 2. The van der Waals surface area contributed by atoms with Crippen LogP contribution in [0.25, 0.3) is 11.1 Å². The summed E-state index contributed by atoms with van der Waals surface area (Å²) in [4.78, 5) is 0. The summed E-state index contributed by atoms with van der Waals surface area (Å²) in [6, 6.07) is 13.6. The molecule has 0 heterocycles. The molecule has 0 spiro atoms. The molecule has 0 saturated carbocycles. The molecule has 0 radical (unpaired) electrons. The van der Waals surface area contributed by atoms with Gasteiger partial charge >= 0.3 is 0 Å². The molecular formula is C17H20O2. The monoisotopic (exact) mass is 256 g/mol. The molecule has 2 rings (SSSR count). The Kier molecular flexibility index (Phi) is 4.45. The van der Waals surface area contributed by atoms with E-state index in [1.54, 1.807) is 13.2 Å². The molecule has 19 heavy (non-hydrogen) atoms. The van der Waals surface area contributed by atoms with Crippen LogP contribution in [0.15, 0.2) is 42.5 Å². The molecule has 0 unspecified atom stereocenters. The molecule has 0 saturated heterocycles. The number of methoxy groups -OCH3 is 1. The molecule has 2 aromatic carbocycles. The zero-order valence-electron chi connectivity index (χ0n) is 11.5. The predicted molar refractivity (Wildman–Crippen MR) is 78.7 cm³/mol. The first-order chi connectivity index (χ1) is 9.24. The topological polar surface area (TPSA) is 29.5 Å². The average Bonchev–Trinajstić information content (AvgIpc) is 2.44. The fraction of sp³-hybridized carbons (Fsp3) is 0.294. The van der Waals surface area contributed by atoms with Gasteiger partial charge < -0.3 is 9.84 Å². The van der Waals surface area contributed by atoms with E-state index in [2.05, 4.69) is 13.0 Å². The number of hydrogen-bond donors (Lipinski definition) is 1. The molecule has 0 aliphatic carbocycles. The summed E-state index contributed by atoms with van der Waals surface area (Å²) in [5.74, 6) is 1.14. The maximum atomic E-state index is 9.88. The van der Waals surface area contributed by atoms with Gasteiger partial charge in [0.1, 0.15) is 11.5 Å². The summed E-state index contributed by atoms with van der Waals surface area (Å²) in [6.45, 7) is 2.17. The lowest BCUT2D eigenvalue weighted by atomic mass is 9.99. The van der Waals surface area contributed by atoms with E-state index in [4.69, 9.17) is 4.74 Å². The van der Waals surface area contributed by atoms with Crippen LogP contribution in [0.5, 0.6) is 11.5 Å². The molecule has 2 nitrogen and oxygen atoms in total. The minimum absolute atomic E-state index is 0.314. The van der Waals surface area contributed by atoms with Crippen LogP contribution in [0.4, 0.5) is 0 Å². The molecule has 0 fully saturated rings. The second-order valence-electron chi connectivity index (χ2n) is 4.69.